The third-order valence-corrected chi connectivity index (χ3v) is 4.43. The lowest BCUT2D eigenvalue weighted by Crippen LogP contribution is -2.33. The Hall–Kier alpha value is -2.28. The summed E-state index contributed by atoms with van der Waals surface area (Å²) < 4.78 is 8.84. The maximum absolute atomic E-state index is 12.5. The van der Waals surface area contributed by atoms with Gasteiger partial charge in [0, 0.05) is 23.4 Å². The van der Waals surface area contributed by atoms with Crippen molar-refractivity contribution in [3.63, 3.8) is 0 Å². The predicted molar refractivity (Wildman–Crippen MR) is 101 cm³/mol. The van der Waals surface area contributed by atoms with Crippen LogP contribution in [-0.4, -0.2) is 28.1 Å². The van der Waals surface area contributed by atoms with Gasteiger partial charge in [0.1, 0.15) is 5.69 Å². The minimum absolute atomic E-state index is 0.112. The van der Waals surface area contributed by atoms with Gasteiger partial charge in [0.25, 0.3) is 0 Å². The second-order valence-corrected chi connectivity index (χ2v) is 7.15. The molecule has 2 rings (SSSR count). The van der Waals surface area contributed by atoms with E-state index in [9.17, 15) is 9.59 Å². The van der Waals surface area contributed by atoms with Crippen molar-refractivity contribution in [3.8, 4) is 11.3 Å². The maximum Gasteiger partial charge on any atom is 0.306 e. The van der Waals surface area contributed by atoms with E-state index in [0.29, 0.717) is 25.5 Å². The highest BCUT2D eigenvalue weighted by Gasteiger charge is 2.23. The molecule has 0 aliphatic carbocycles. The van der Waals surface area contributed by atoms with Crippen LogP contribution in [0.2, 0.25) is 0 Å². The minimum Gasteiger partial charge on any atom is -0.466 e. The van der Waals surface area contributed by atoms with Gasteiger partial charge in [0.05, 0.1) is 13.0 Å². The number of hydrogen-bond acceptors (Lipinski definition) is 6. The Kier molecular flexibility index (Phi) is 7.72. The van der Waals surface area contributed by atoms with Crippen molar-refractivity contribution in [2.45, 2.75) is 40.2 Å². The summed E-state index contributed by atoms with van der Waals surface area (Å²) in [4.78, 5) is 24.3. The van der Waals surface area contributed by atoms with Crippen molar-refractivity contribution in [1.29, 1.82) is 0 Å². The number of aromatic nitrogens is 2. The highest BCUT2D eigenvalue weighted by Crippen LogP contribution is 2.19. The van der Waals surface area contributed by atoms with Crippen molar-refractivity contribution in [1.82, 2.24) is 14.9 Å². The van der Waals surface area contributed by atoms with Crippen LogP contribution in [0.4, 0.5) is 0 Å². The average Bonchev–Trinajstić information content (AvgIpc) is 3.14. The molecule has 1 aromatic carbocycles. The number of ether oxygens (including phenoxy) is 1. The summed E-state index contributed by atoms with van der Waals surface area (Å²) in [5.74, 6) is -0.477. The van der Waals surface area contributed by atoms with Crippen LogP contribution in [0.15, 0.2) is 29.6 Å². The second kappa shape index (κ2) is 10.0. The average molecular weight is 375 g/mol. The third-order valence-electron chi connectivity index (χ3n) is 3.92. The number of hydrogen-bond donors (Lipinski definition) is 1. The number of nitrogens with one attached hydrogen (secondary N) is 1. The Morgan fingerprint density at radius 2 is 1.96 bits per heavy atom. The van der Waals surface area contributed by atoms with E-state index >= 15 is 0 Å². The van der Waals surface area contributed by atoms with Gasteiger partial charge >= 0.3 is 5.97 Å². The van der Waals surface area contributed by atoms with Crippen molar-refractivity contribution >= 4 is 23.4 Å². The van der Waals surface area contributed by atoms with E-state index in [-0.39, 0.29) is 24.2 Å². The molecule has 26 heavy (non-hydrogen) atoms. The molecule has 0 bridgehead atoms. The maximum atomic E-state index is 12.5. The highest BCUT2D eigenvalue weighted by atomic mass is 32.1. The molecule has 140 valence electrons. The van der Waals surface area contributed by atoms with E-state index in [0.717, 1.165) is 16.8 Å². The van der Waals surface area contributed by atoms with E-state index in [1.807, 2.05) is 43.5 Å². The van der Waals surface area contributed by atoms with Crippen LogP contribution < -0.4 is 5.32 Å². The van der Waals surface area contributed by atoms with Crippen LogP contribution in [0.5, 0.6) is 0 Å². The monoisotopic (exact) mass is 375 g/mol. The largest absolute Gasteiger partial charge is 0.466 e. The van der Waals surface area contributed by atoms with Crippen molar-refractivity contribution in [2.24, 2.45) is 11.8 Å². The summed E-state index contributed by atoms with van der Waals surface area (Å²) in [5.41, 5.74) is 2.83. The molecule has 0 saturated carbocycles. The first kappa shape index (κ1) is 20.0. The first-order chi connectivity index (χ1) is 12.5. The van der Waals surface area contributed by atoms with Crippen LogP contribution in [0.1, 0.15) is 39.2 Å². The molecule has 1 aromatic heterocycles. The summed E-state index contributed by atoms with van der Waals surface area (Å²) in [6.45, 7) is 6.59. The summed E-state index contributed by atoms with van der Waals surface area (Å²) >= 11 is 1.31. The number of nitrogens with zero attached hydrogens (tertiary/aromatic N) is 2. The van der Waals surface area contributed by atoms with Crippen molar-refractivity contribution in [3.05, 3.63) is 35.2 Å². The SMILES string of the molecule is CCOC(=O)CC(CC(C)C)C(=O)NCc1ccc(-c2csnn2)cc1. The van der Waals surface area contributed by atoms with Crippen molar-refractivity contribution in [2.75, 3.05) is 6.61 Å². The molecular formula is C19H25N3O3S. The van der Waals surface area contributed by atoms with Crippen LogP contribution in [-0.2, 0) is 20.9 Å². The lowest BCUT2D eigenvalue weighted by atomic mass is 9.93. The molecule has 1 heterocycles. The lowest BCUT2D eigenvalue weighted by Gasteiger charge is -2.18. The number of benzene rings is 1. The van der Waals surface area contributed by atoms with E-state index in [1.54, 1.807) is 6.92 Å². The molecule has 1 amide bonds. The first-order valence-electron chi connectivity index (χ1n) is 8.79. The Morgan fingerprint density at radius 3 is 2.54 bits per heavy atom. The molecule has 0 spiro atoms. The van der Waals surface area contributed by atoms with E-state index < -0.39 is 0 Å². The summed E-state index contributed by atoms with van der Waals surface area (Å²) in [5, 5.41) is 8.86. The molecular weight excluding hydrogens is 350 g/mol. The lowest BCUT2D eigenvalue weighted by molar-refractivity contribution is -0.146. The molecule has 0 radical (unpaired) electrons. The Balaban J connectivity index is 1.92. The molecule has 2 aromatic rings. The normalized spacial score (nSPS) is 12.0. The van der Waals surface area contributed by atoms with Gasteiger partial charge in [-0.25, -0.2) is 0 Å². The van der Waals surface area contributed by atoms with Gasteiger partial charge in [-0.15, -0.1) is 5.10 Å². The Bertz CT molecular complexity index is 699. The van der Waals surface area contributed by atoms with Gasteiger partial charge in [0.2, 0.25) is 5.91 Å². The Morgan fingerprint density at radius 1 is 1.23 bits per heavy atom. The minimum atomic E-state index is -0.366. The fourth-order valence-corrected chi connectivity index (χ4v) is 3.16. The number of carbonyl (C=O) groups is 2. The molecule has 1 unspecified atom stereocenters. The van der Waals surface area contributed by atoms with Gasteiger partial charge in [-0.05, 0) is 36.4 Å². The quantitative estimate of drug-likeness (QED) is 0.679. The van der Waals surface area contributed by atoms with Gasteiger partial charge in [-0.1, -0.05) is 42.6 Å². The Labute approximate surface area is 158 Å². The molecule has 0 aliphatic rings. The van der Waals surface area contributed by atoms with Crippen LogP contribution >= 0.6 is 11.5 Å². The van der Waals surface area contributed by atoms with Crippen LogP contribution in [0, 0.1) is 11.8 Å². The standard InChI is InChI=1S/C19H25N3O3S/c1-4-25-18(23)10-16(9-13(2)3)19(24)20-11-14-5-7-15(8-6-14)17-12-26-22-21-17/h5-8,12-13,16H,4,9-11H2,1-3H3,(H,20,24). The van der Waals surface area contributed by atoms with Crippen LogP contribution in [0.3, 0.4) is 0 Å². The predicted octanol–water partition coefficient (Wildman–Crippen LogP) is 3.44. The van der Waals surface area contributed by atoms with E-state index in [1.165, 1.54) is 11.5 Å². The fourth-order valence-electron chi connectivity index (χ4n) is 2.69. The van der Waals surface area contributed by atoms with Gasteiger partial charge in [0.15, 0.2) is 0 Å². The molecule has 1 atom stereocenters. The third kappa shape index (κ3) is 6.22. The zero-order valence-corrected chi connectivity index (χ0v) is 16.2. The van der Waals surface area contributed by atoms with Gasteiger partial charge < -0.3 is 10.1 Å². The summed E-state index contributed by atoms with van der Waals surface area (Å²) in [6, 6.07) is 7.83. The molecule has 0 aliphatic heterocycles. The smallest absolute Gasteiger partial charge is 0.306 e. The zero-order chi connectivity index (χ0) is 18.9. The van der Waals surface area contributed by atoms with Gasteiger partial charge in [-0.3, -0.25) is 9.59 Å². The first-order valence-corrected chi connectivity index (χ1v) is 9.63. The summed E-state index contributed by atoms with van der Waals surface area (Å²) in [6.07, 6.45) is 0.772. The van der Waals surface area contributed by atoms with E-state index in [2.05, 4.69) is 14.9 Å². The zero-order valence-electron chi connectivity index (χ0n) is 15.4. The second-order valence-electron chi connectivity index (χ2n) is 6.54. The molecule has 0 fully saturated rings. The molecule has 0 saturated heterocycles. The van der Waals surface area contributed by atoms with Crippen LogP contribution in [0.25, 0.3) is 11.3 Å². The number of rotatable bonds is 9. The highest BCUT2D eigenvalue weighted by molar-refractivity contribution is 7.03. The molecule has 7 heteroatoms. The van der Waals surface area contributed by atoms with Crippen molar-refractivity contribution < 1.29 is 14.3 Å². The summed E-state index contributed by atoms with van der Waals surface area (Å²) in [7, 11) is 0. The molecule has 1 N–H and O–H groups in total. The van der Waals surface area contributed by atoms with Gasteiger partial charge in [-0.2, -0.15) is 0 Å². The molecule has 6 nitrogen and oxygen atoms in total. The topological polar surface area (TPSA) is 81.2 Å². The number of esters is 1. The number of carbonyl (C=O) groups excluding carboxylic acids is 2. The fraction of sp³-hybridized carbons (Fsp3) is 0.474. The van der Waals surface area contributed by atoms with E-state index in [4.69, 9.17) is 4.74 Å². The number of amides is 1.